The highest BCUT2D eigenvalue weighted by Gasteiger charge is 2.44. The number of halogens is 9. The van der Waals surface area contributed by atoms with Gasteiger partial charge in [0.1, 0.15) is 11.9 Å². The van der Waals surface area contributed by atoms with Gasteiger partial charge in [0.05, 0.1) is 36.4 Å². The number of ether oxygens (including phenoxy) is 2. The summed E-state index contributed by atoms with van der Waals surface area (Å²) < 4.78 is 133. The molecule has 0 radical (unpaired) electrons. The molecule has 6 nitrogen and oxygen atoms in total. The van der Waals surface area contributed by atoms with E-state index >= 15 is 0 Å². The Kier molecular flexibility index (Phi) is 10.3. The average molecular weight is 696 g/mol. The molecule has 1 aliphatic rings. The molecule has 3 aromatic rings. The molecule has 4 rings (SSSR count). The standard InChI is InChI=1S/C31H26F9NO5S/c1-16-27(17-10-20(30(35,36)37)13-21(11-17)31(38,39)40)46-28(44)41(16)15-18-12-19(29(32,33)34)5-7-23(18)24-14-22(6-8-25(24)45-2)47-9-3-4-26(42)43/h5-8,10-14,16,27H,3-4,9,15H2,1-2H3,(H,42,43)/t16-,27-/m0/s1. The lowest BCUT2D eigenvalue weighted by Gasteiger charge is -2.24. The Labute approximate surface area is 266 Å². The van der Waals surface area contributed by atoms with Gasteiger partial charge in [-0.3, -0.25) is 9.69 Å². The predicted molar refractivity (Wildman–Crippen MR) is 152 cm³/mol. The van der Waals surface area contributed by atoms with Crippen LogP contribution in [0.1, 0.15) is 53.7 Å². The van der Waals surface area contributed by atoms with E-state index in [1.54, 1.807) is 18.2 Å². The first-order valence-electron chi connectivity index (χ1n) is 13.8. The Hall–Kier alpha value is -4.08. The van der Waals surface area contributed by atoms with Gasteiger partial charge < -0.3 is 14.6 Å². The molecule has 254 valence electrons. The summed E-state index contributed by atoms with van der Waals surface area (Å²) in [6.07, 6.45) is -17.6. The van der Waals surface area contributed by atoms with E-state index in [0.717, 1.165) is 17.0 Å². The fourth-order valence-electron chi connectivity index (χ4n) is 5.05. The number of carboxylic acid groups (broad SMARTS) is 1. The van der Waals surface area contributed by atoms with Gasteiger partial charge in [-0.05, 0) is 84.3 Å². The van der Waals surface area contributed by atoms with Gasteiger partial charge in [-0.15, -0.1) is 11.8 Å². The summed E-state index contributed by atoms with van der Waals surface area (Å²) in [5.41, 5.74) is -4.42. The molecule has 3 aromatic carbocycles. The largest absolute Gasteiger partial charge is 0.496 e. The highest BCUT2D eigenvalue weighted by Crippen LogP contribution is 2.43. The first kappa shape index (κ1) is 35.8. The molecule has 0 bridgehead atoms. The molecule has 1 aliphatic heterocycles. The second kappa shape index (κ2) is 13.6. The predicted octanol–water partition coefficient (Wildman–Crippen LogP) is 9.46. The fourth-order valence-corrected chi connectivity index (χ4v) is 5.94. The number of methoxy groups -OCH3 is 1. The van der Waals surface area contributed by atoms with Crippen molar-refractivity contribution in [2.45, 2.75) is 61.9 Å². The number of hydrogen-bond acceptors (Lipinski definition) is 5. The minimum atomic E-state index is -5.16. The number of amides is 1. The van der Waals surface area contributed by atoms with E-state index in [1.165, 1.54) is 31.9 Å². The molecule has 1 N–H and O–H groups in total. The number of hydrogen-bond donors (Lipinski definition) is 1. The molecule has 0 aliphatic carbocycles. The highest BCUT2D eigenvalue weighted by atomic mass is 32.2. The maximum atomic E-state index is 13.8. The van der Waals surface area contributed by atoms with Gasteiger partial charge in [0.25, 0.3) is 0 Å². The van der Waals surface area contributed by atoms with Gasteiger partial charge >= 0.3 is 30.6 Å². The number of carboxylic acids is 1. The van der Waals surface area contributed by atoms with Crippen molar-refractivity contribution in [2.24, 2.45) is 0 Å². The van der Waals surface area contributed by atoms with E-state index in [1.807, 2.05) is 0 Å². The van der Waals surface area contributed by atoms with Crippen LogP contribution in [0.2, 0.25) is 0 Å². The monoisotopic (exact) mass is 695 g/mol. The number of cyclic esters (lactones) is 1. The highest BCUT2D eigenvalue weighted by molar-refractivity contribution is 7.99. The van der Waals surface area contributed by atoms with Gasteiger partial charge in [0, 0.05) is 16.9 Å². The van der Waals surface area contributed by atoms with Crippen molar-refractivity contribution in [3.8, 4) is 16.9 Å². The van der Waals surface area contributed by atoms with Crippen LogP contribution in [-0.2, 0) is 34.6 Å². The van der Waals surface area contributed by atoms with Gasteiger partial charge in [0.2, 0.25) is 0 Å². The van der Waals surface area contributed by atoms with Crippen LogP contribution in [0.4, 0.5) is 44.3 Å². The van der Waals surface area contributed by atoms with Gasteiger partial charge in [0.15, 0.2) is 0 Å². The Bertz CT molecular complexity index is 1610. The maximum absolute atomic E-state index is 13.8. The zero-order valence-corrected chi connectivity index (χ0v) is 25.3. The van der Waals surface area contributed by atoms with E-state index in [2.05, 4.69) is 0 Å². The molecule has 1 fully saturated rings. The first-order chi connectivity index (χ1) is 21.8. The topological polar surface area (TPSA) is 76.1 Å². The SMILES string of the molecule is COc1ccc(SCCCC(=O)O)cc1-c1ccc(C(F)(F)F)cc1CN1C(=O)O[C@H](c2cc(C(F)(F)F)cc(C(F)(F)F)c2)[C@@H]1C. The molecule has 2 atom stereocenters. The quantitative estimate of drug-likeness (QED) is 0.129. The minimum Gasteiger partial charge on any atom is -0.496 e. The third-order valence-electron chi connectivity index (χ3n) is 7.37. The number of thioether (sulfide) groups is 1. The van der Waals surface area contributed by atoms with Crippen LogP contribution in [0.15, 0.2) is 59.5 Å². The second-order valence-electron chi connectivity index (χ2n) is 10.6. The Morgan fingerprint density at radius 1 is 0.872 bits per heavy atom. The van der Waals surface area contributed by atoms with Crippen LogP contribution in [0.5, 0.6) is 5.75 Å². The van der Waals surface area contributed by atoms with Crippen LogP contribution >= 0.6 is 11.8 Å². The molecule has 0 unspecified atom stereocenters. The number of aliphatic carboxylic acids is 1. The summed E-state index contributed by atoms with van der Waals surface area (Å²) in [5, 5.41) is 8.87. The number of carbonyl (C=O) groups excluding carboxylic acids is 1. The molecule has 0 saturated carbocycles. The van der Waals surface area contributed by atoms with Crippen LogP contribution in [-0.4, -0.2) is 41.0 Å². The lowest BCUT2D eigenvalue weighted by atomic mass is 9.94. The maximum Gasteiger partial charge on any atom is 0.416 e. The summed E-state index contributed by atoms with van der Waals surface area (Å²) in [6.45, 7) is 0.741. The molecule has 1 heterocycles. The molecule has 1 amide bonds. The van der Waals surface area contributed by atoms with Crippen molar-refractivity contribution >= 4 is 23.8 Å². The normalized spacial score (nSPS) is 17.2. The summed E-state index contributed by atoms with van der Waals surface area (Å²) in [4.78, 5) is 25.4. The number of rotatable bonds is 10. The van der Waals surface area contributed by atoms with E-state index in [9.17, 15) is 49.1 Å². The van der Waals surface area contributed by atoms with Gasteiger partial charge in [-0.1, -0.05) is 6.07 Å². The molecular formula is C31H26F9NO5S. The third kappa shape index (κ3) is 8.45. The van der Waals surface area contributed by atoms with Crippen molar-refractivity contribution < 1.29 is 63.7 Å². The van der Waals surface area contributed by atoms with E-state index in [4.69, 9.17) is 14.6 Å². The van der Waals surface area contributed by atoms with E-state index in [0.29, 0.717) is 34.8 Å². The van der Waals surface area contributed by atoms with Crippen molar-refractivity contribution in [1.82, 2.24) is 4.90 Å². The molecule has 0 spiro atoms. The number of nitrogens with zero attached hydrogens (tertiary/aromatic N) is 1. The summed E-state index contributed by atoms with van der Waals surface area (Å²) in [5.74, 6) is -0.303. The van der Waals surface area contributed by atoms with Gasteiger partial charge in [-0.25, -0.2) is 4.79 Å². The number of benzene rings is 3. The van der Waals surface area contributed by atoms with Crippen LogP contribution in [0.3, 0.4) is 0 Å². The molecule has 1 saturated heterocycles. The summed E-state index contributed by atoms with van der Waals surface area (Å²) >= 11 is 1.30. The molecular weight excluding hydrogens is 669 g/mol. The van der Waals surface area contributed by atoms with Gasteiger partial charge in [-0.2, -0.15) is 39.5 Å². The van der Waals surface area contributed by atoms with Crippen LogP contribution in [0, 0.1) is 0 Å². The smallest absolute Gasteiger partial charge is 0.416 e. The van der Waals surface area contributed by atoms with E-state index in [-0.39, 0.29) is 29.4 Å². The Morgan fingerprint density at radius 2 is 1.49 bits per heavy atom. The average Bonchev–Trinajstić information content (AvgIpc) is 3.26. The second-order valence-corrected chi connectivity index (χ2v) is 11.8. The summed E-state index contributed by atoms with van der Waals surface area (Å²) in [6, 6.07) is 7.24. The number of carbonyl (C=O) groups is 2. The van der Waals surface area contributed by atoms with Crippen molar-refractivity contribution in [3.05, 3.63) is 82.4 Å². The Morgan fingerprint density at radius 3 is 2.04 bits per heavy atom. The Balaban J connectivity index is 1.74. The van der Waals surface area contributed by atoms with Crippen LogP contribution < -0.4 is 4.74 Å². The number of alkyl halides is 9. The zero-order valence-electron chi connectivity index (χ0n) is 24.5. The fraction of sp³-hybridized carbons (Fsp3) is 0.355. The van der Waals surface area contributed by atoms with Crippen molar-refractivity contribution in [1.29, 1.82) is 0 Å². The molecule has 47 heavy (non-hydrogen) atoms. The lowest BCUT2D eigenvalue weighted by molar-refractivity contribution is -0.143. The van der Waals surface area contributed by atoms with Crippen molar-refractivity contribution in [2.75, 3.05) is 12.9 Å². The molecule has 0 aromatic heterocycles. The van der Waals surface area contributed by atoms with Crippen molar-refractivity contribution in [3.63, 3.8) is 0 Å². The van der Waals surface area contributed by atoms with E-state index < -0.39 is 71.5 Å². The molecule has 16 heteroatoms. The lowest BCUT2D eigenvalue weighted by Crippen LogP contribution is -2.32. The summed E-state index contributed by atoms with van der Waals surface area (Å²) in [7, 11) is 1.33. The third-order valence-corrected chi connectivity index (χ3v) is 8.45. The first-order valence-corrected chi connectivity index (χ1v) is 14.8. The van der Waals surface area contributed by atoms with Crippen LogP contribution in [0.25, 0.3) is 11.1 Å². The zero-order chi connectivity index (χ0) is 34.9. The minimum absolute atomic E-state index is 0.0596.